The lowest BCUT2D eigenvalue weighted by molar-refractivity contribution is 0.415. The Morgan fingerprint density at radius 2 is 2.28 bits per heavy atom. The van der Waals surface area contributed by atoms with Crippen LogP contribution in [0.25, 0.3) is 0 Å². The second-order valence-electron chi connectivity index (χ2n) is 4.96. The number of benzene rings is 1. The number of nitrogens with one attached hydrogen (secondary N) is 1. The molecule has 0 spiro atoms. The third kappa shape index (κ3) is 2.76. The van der Waals surface area contributed by atoms with E-state index in [4.69, 9.17) is 10.00 Å². The molecular formula is C15H20N2O. The first-order chi connectivity index (χ1) is 8.76. The van der Waals surface area contributed by atoms with Crippen LogP contribution >= 0.6 is 0 Å². The average Bonchev–Trinajstić information content (AvgIpc) is 2.87. The summed E-state index contributed by atoms with van der Waals surface area (Å²) in [5.41, 5.74) is 1.63. The lowest BCUT2D eigenvalue weighted by Gasteiger charge is -2.17. The number of methoxy groups -OCH3 is 1. The summed E-state index contributed by atoms with van der Waals surface area (Å²) < 4.78 is 5.34. The van der Waals surface area contributed by atoms with Gasteiger partial charge >= 0.3 is 0 Å². The normalized spacial score (nSPS) is 22.5. The van der Waals surface area contributed by atoms with Crippen molar-refractivity contribution in [2.45, 2.75) is 38.6 Å². The molecule has 1 N–H and O–H groups in total. The van der Waals surface area contributed by atoms with Crippen LogP contribution in [0.1, 0.15) is 38.2 Å². The average molecular weight is 244 g/mol. The predicted octanol–water partition coefficient (Wildman–Crippen LogP) is 3.56. The fourth-order valence-electron chi connectivity index (χ4n) is 2.68. The minimum absolute atomic E-state index is 0.539. The quantitative estimate of drug-likeness (QED) is 0.880. The van der Waals surface area contributed by atoms with Crippen molar-refractivity contribution in [1.29, 1.82) is 5.26 Å². The maximum atomic E-state index is 8.87. The number of nitrogens with zero attached hydrogens (tertiary/aromatic N) is 1. The van der Waals surface area contributed by atoms with Gasteiger partial charge in [-0.25, -0.2) is 0 Å². The van der Waals surface area contributed by atoms with Gasteiger partial charge < -0.3 is 10.1 Å². The van der Waals surface area contributed by atoms with Crippen molar-refractivity contribution < 1.29 is 4.74 Å². The Morgan fingerprint density at radius 1 is 1.44 bits per heavy atom. The molecule has 96 valence electrons. The molecule has 0 bridgehead atoms. The fourth-order valence-corrected chi connectivity index (χ4v) is 2.68. The van der Waals surface area contributed by atoms with E-state index in [0.29, 0.717) is 11.6 Å². The lowest BCUT2D eigenvalue weighted by Crippen LogP contribution is -2.16. The van der Waals surface area contributed by atoms with Crippen LogP contribution < -0.4 is 10.1 Å². The maximum Gasteiger partial charge on any atom is 0.143 e. The summed E-state index contributed by atoms with van der Waals surface area (Å²) in [6, 6.07) is 8.23. The first kappa shape index (κ1) is 12.8. The van der Waals surface area contributed by atoms with Gasteiger partial charge in [0.1, 0.15) is 5.75 Å². The number of rotatable bonds is 4. The predicted molar refractivity (Wildman–Crippen MR) is 72.8 cm³/mol. The van der Waals surface area contributed by atoms with Crippen LogP contribution in [-0.2, 0) is 0 Å². The molecule has 2 unspecified atom stereocenters. The van der Waals surface area contributed by atoms with Gasteiger partial charge in [-0.05, 0) is 37.3 Å². The lowest BCUT2D eigenvalue weighted by atomic mass is 10.1. The molecule has 0 aliphatic heterocycles. The minimum Gasteiger partial charge on any atom is -0.495 e. The molecule has 0 amide bonds. The van der Waals surface area contributed by atoms with Gasteiger partial charge in [0, 0.05) is 12.1 Å². The second kappa shape index (κ2) is 5.77. The van der Waals surface area contributed by atoms with Gasteiger partial charge in [-0.15, -0.1) is 0 Å². The molecule has 1 fully saturated rings. The maximum absolute atomic E-state index is 8.87. The first-order valence-electron chi connectivity index (χ1n) is 6.61. The molecule has 0 heterocycles. The Kier molecular flexibility index (Phi) is 4.09. The summed E-state index contributed by atoms with van der Waals surface area (Å²) in [6.45, 7) is 2.26. The second-order valence-corrected chi connectivity index (χ2v) is 4.96. The molecule has 1 saturated carbocycles. The van der Waals surface area contributed by atoms with Crippen molar-refractivity contribution in [3.8, 4) is 11.8 Å². The van der Waals surface area contributed by atoms with Gasteiger partial charge in [0.15, 0.2) is 0 Å². The number of nitriles is 1. The van der Waals surface area contributed by atoms with Crippen LogP contribution in [0.4, 0.5) is 5.69 Å². The van der Waals surface area contributed by atoms with E-state index in [2.05, 4.69) is 18.3 Å². The summed E-state index contributed by atoms with van der Waals surface area (Å²) in [4.78, 5) is 0. The van der Waals surface area contributed by atoms with Gasteiger partial charge in [0.25, 0.3) is 0 Å². The number of hydrogen-bond acceptors (Lipinski definition) is 3. The van der Waals surface area contributed by atoms with Crippen molar-refractivity contribution >= 4 is 5.69 Å². The number of hydrogen-bond donors (Lipinski definition) is 1. The Balaban J connectivity index is 2.08. The monoisotopic (exact) mass is 244 g/mol. The molecule has 1 aromatic rings. The highest BCUT2D eigenvalue weighted by Crippen LogP contribution is 2.33. The SMILES string of the molecule is CCC1CCC(Nc2ccc(C#N)cc2OC)C1. The Labute approximate surface area is 109 Å². The highest BCUT2D eigenvalue weighted by atomic mass is 16.5. The molecule has 3 nitrogen and oxygen atoms in total. The molecule has 1 aromatic carbocycles. The topological polar surface area (TPSA) is 45.0 Å². The van der Waals surface area contributed by atoms with Gasteiger partial charge in [-0.2, -0.15) is 5.26 Å². The van der Waals surface area contributed by atoms with Crippen molar-refractivity contribution in [1.82, 2.24) is 0 Å². The fraction of sp³-hybridized carbons (Fsp3) is 0.533. The molecule has 3 heteroatoms. The van der Waals surface area contributed by atoms with Crippen LogP contribution in [0.2, 0.25) is 0 Å². The van der Waals surface area contributed by atoms with Crippen molar-refractivity contribution in [3.05, 3.63) is 23.8 Å². The van der Waals surface area contributed by atoms with E-state index in [9.17, 15) is 0 Å². The summed E-state index contributed by atoms with van der Waals surface area (Å²) in [7, 11) is 1.64. The van der Waals surface area contributed by atoms with Crippen LogP contribution in [0, 0.1) is 17.2 Å². The highest BCUT2D eigenvalue weighted by Gasteiger charge is 2.23. The third-order valence-corrected chi connectivity index (χ3v) is 3.81. The Hall–Kier alpha value is -1.69. The summed E-state index contributed by atoms with van der Waals surface area (Å²) in [5.74, 6) is 1.61. The molecule has 18 heavy (non-hydrogen) atoms. The zero-order valence-corrected chi connectivity index (χ0v) is 11.1. The van der Waals surface area contributed by atoms with E-state index in [0.717, 1.165) is 17.4 Å². The zero-order chi connectivity index (χ0) is 13.0. The van der Waals surface area contributed by atoms with Crippen LogP contribution in [-0.4, -0.2) is 13.2 Å². The van der Waals surface area contributed by atoms with Crippen molar-refractivity contribution in [3.63, 3.8) is 0 Å². The van der Waals surface area contributed by atoms with E-state index in [-0.39, 0.29) is 0 Å². The minimum atomic E-state index is 0.539. The van der Waals surface area contributed by atoms with Gasteiger partial charge in [-0.3, -0.25) is 0 Å². The van der Waals surface area contributed by atoms with Gasteiger partial charge in [0.05, 0.1) is 24.4 Å². The molecule has 1 aliphatic carbocycles. The first-order valence-corrected chi connectivity index (χ1v) is 6.61. The Morgan fingerprint density at radius 3 is 2.89 bits per heavy atom. The van der Waals surface area contributed by atoms with Gasteiger partial charge in [0.2, 0.25) is 0 Å². The van der Waals surface area contributed by atoms with Crippen LogP contribution in [0.5, 0.6) is 5.75 Å². The third-order valence-electron chi connectivity index (χ3n) is 3.81. The smallest absolute Gasteiger partial charge is 0.143 e. The van der Waals surface area contributed by atoms with E-state index in [1.807, 2.05) is 12.1 Å². The summed E-state index contributed by atoms with van der Waals surface area (Å²) >= 11 is 0. The molecule has 0 saturated heterocycles. The molecule has 2 rings (SSSR count). The summed E-state index contributed by atoms with van der Waals surface area (Å²) in [6.07, 6.45) is 5.04. The Bertz CT molecular complexity index is 450. The van der Waals surface area contributed by atoms with Gasteiger partial charge in [-0.1, -0.05) is 13.3 Å². The molecule has 1 aliphatic rings. The van der Waals surface area contributed by atoms with E-state index in [1.54, 1.807) is 13.2 Å². The number of ether oxygens (including phenoxy) is 1. The van der Waals surface area contributed by atoms with Crippen LogP contribution in [0.15, 0.2) is 18.2 Å². The van der Waals surface area contributed by atoms with Crippen LogP contribution in [0.3, 0.4) is 0 Å². The molecule has 2 atom stereocenters. The molecule has 0 aromatic heterocycles. The zero-order valence-electron chi connectivity index (χ0n) is 11.1. The molecular weight excluding hydrogens is 224 g/mol. The number of anilines is 1. The van der Waals surface area contributed by atoms with Crippen molar-refractivity contribution in [2.75, 3.05) is 12.4 Å². The molecule has 0 radical (unpaired) electrons. The van der Waals surface area contributed by atoms with E-state index >= 15 is 0 Å². The van der Waals surface area contributed by atoms with Crippen molar-refractivity contribution in [2.24, 2.45) is 5.92 Å². The largest absolute Gasteiger partial charge is 0.495 e. The standard InChI is InChI=1S/C15H20N2O/c1-3-11-4-6-13(8-11)17-14-7-5-12(10-16)9-15(14)18-2/h5,7,9,11,13,17H,3-4,6,8H2,1-2H3. The van der Waals surface area contributed by atoms with E-state index < -0.39 is 0 Å². The highest BCUT2D eigenvalue weighted by molar-refractivity contribution is 5.60. The summed E-state index contributed by atoms with van der Waals surface area (Å²) in [5, 5.41) is 12.4. The van der Waals surface area contributed by atoms with E-state index in [1.165, 1.54) is 25.7 Å².